The van der Waals surface area contributed by atoms with Crippen molar-refractivity contribution in [2.45, 2.75) is 31.8 Å². The molecule has 2 aromatic rings. The van der Waals surface area contributed by atoms with Gasteiger partial charge in [-0.3, -0.25) is 9.78 Å². The van der Waals surface area contributed by atoms with Crippen LogP contribution in [0.25, 0.3) is 0 Å². The Morgan fingerprint density at radius 1 is 1.35 bits per heavy atom. The number of urea groups is 1. The maximum Gasteiger partial charge on any atom is 0.323 e. The quantitative estimate of drug-likeness (QED) is 0.879. The van der Waals surface area contributed by atoms with E-state index >= 15 is 0 Å². The lowest BCUT2D eigenvalue weighted by Crippen LogP contribution is -2.55. The highest BCUT2D eigenvalue weighted by Gasteiger charge is 2.41. The molecule has 2 heterocycles. The largest absolute Gasteiger partial charge is 0.368 e. The predicted octanol–water partition coefficient (Wildman–Crippen LogP) is 2.93. The van der Waals surface area contributed by atoms with E-state index in [0.29, 0.717) is 11.4 Å². The first-order chi connectivity index (χ1) is 12.3. The smallest absolute Gasteiger partial charge is 0.323 e. The Kier molecular flexibility index (Phi) is 4.58. The molecule has 26 heavy (non-hydrogen) atoms. The fourth-order valence-corrected chi connectivity index (χ4v) is 3.38. The minimum absolute atomic E-state index is 0.0991. The molecule has 1 aromatic carbocycles. The number of carbonyl (C=O) groups is 2. The van der Waals surface area contributed by atoms with E-state index in [0.717, 1.165) is 12.1 Å². The van der Waals surface area contributed by atoms with Gasteiger partial charge in [-0.2, -0.15) is 0 Å². The van der Waals surface area contributed by atoms with Gasteiger partial charge in [0, 0.05) is 18.2 Å². The fraction of sp³-hybridized carbons (Fsp3) is 0.278. The zero-order valence-electron chi connectivity index (χ0n) is 14.2. The van der Waals surface area contributed by atoms with E-state index in [9.17, 15) is 18.4 Å². The number of benzene rings is 1. The van der Waals surface area contributed by atoms with Crippen LogP contribution in [0.5, 0.6) is 0 Å². The summed E-state index contributed by atoms with van der Waals surface area (Å²) >= 11 is 0. The number of aromatic nitrogens is 1. The second-order valence-electron chi connectivity index (χ2n) is 6.25. The van der Waals surface area contributed by atoms with Gasteiger partial charge in [0.2, 0.25) is 5.91 Å². The minimum atomic E-state index is -1.14. The van der Waals surface area contributed by atoms with Gasteiger partial charge in [-0.05, 0) is 30.7 Å². The third kappa shape index (κ3) is 2.98. The number of hydrogen-bond donors (Lipinski definition) is 2. The number of amides is 3. The van der Waals surface area contributed by atoms with Gasteiger partial charge >= 0.3 is 6.03 Å². The van der Waals surface area contributed by atoms with Gasteiger partial charge in [0.05, 0.1) is 17.4 Å². The summed E-state index contributed by atoms with van der Waals surface area (Å²) in [7, 11) is 0. The Morgan fingerprint density at radius 2 is 2.08 bits per heavy atom. The molecule has 1 aromatic heterocycles. The number of hydrogen-bond acceptors (Lipinski definition) is 3. The minimum Gasteiger partial charge on any atom is -0.368 e. The van der Waals surface area contributed by atoms with Crippen LogP contribution < -0.4 is 11.1 Å². The maximum atomic E-state index is 14.2. The summed E-state index contributed by atoms with van der Waals surface area (Å²) in [5.74, 6) is -3.10. The van der Waals surface area contributed by atoms with Crippen molar-refractivity contribution < 1.29 is 18.4 Å². The molecule has 3 N–H and O–H groups in total. The van der Waals surface area contributed by atoms with Crippen molar-refractivity contribution in [3.63, 3.8) is 0 Å². The molecule has 0 aliphatic carbocycles. The molecule has 8 heteroatoms. The van der Waals surface area contributed by atoms with Crippen molar-refractivity contribution in [1.29, 1.82) is 0 Å². The highest BCUT2D eigenvalue weighted by Crippen LogP contribution is 2.36. The van der Waals surface area contributed by atoms with Crippen LogP contribution in [0.4, 0.5) is 19.3 Å². The van der Waals surface area contributed by atoms with E-state index < -0.39 is 41.6 Å². The van der Waals surface area contributed by atoms with Crippen LogP contribution in [-0.4, -0.2) is 27.9 Å². The van der Waals surface area contributed by atoms with E-state index in [4.69, 9.17) is 5.73 Å². The second-order valence-corrected chi connectivity index (χ2v) is 6.25. The zero-order chi connectivity index (χ0) is 19.0. The topological polar surface area (TPSA) is 88.3 Å². The normalized spacial score (nSPS) is 18.7. The summed E-state index contributed by atoms with van der Waals surface area (Å²) < 4.78 is 27.4. The van der Waals surface area contributed by atoms with Crippen molar-refractivity contribution >= 4 is 17.6 Å². The molecular formula is C18H18F2N4O2. The summed E-state index contributed by atoms with van der Waals surface area (Å²) in [5.41, 5.74) is 6.77. The lowest BCUT2D eigenvalue weighted by Gasteiger charge is -2.41. The molecule has 0 spiro atoms. The van der Waals surface area contributed by atoms with Crippen LogP contribution in [0.1, 0.15) is 37.1 Å². The molecule has 0 saturated carbocycles. The molecule has 1 aliphatic heterocycles. The van der Waals surface area contributed by atoms with Crippen molar-refractivity contribution in [2.75, 3.05) is 5.32 Å². The predicted molar refractivity (Wildman–Crippen MR) is 91.3 cm³/mol. The first-order valence-electron chi connectivity index (χ1n) is 8.09. The molecule has 2 unspecified atom stereocenters. The number of fused-ring (bicyclic) bond motifs is 1. The van der Waals surface area contributed by atoms with Gasteiger partial charge in [-0.1, -0.05) is 13.0 Å². The second kappa shape index (κ2) is 6.70. The molecule has 136 valence electrons. The molecule has 3 rings (SSSR count). The fourth-order valence-electron chi connectivity index (χ4n) is 3.38. The van der Waals surface area contributed by atoms with Gasteiger partial charge in [0.15, 0.2) is 0 Å². The van der Waals surface area contributed by atoms with E-state index in [2.05, 4.69) is 10.3 Å². The van der Waals surface area contributed by atoms with Crippen LogP contribution in [0.2, 0.25) is 0 Å². The van der Waals surface area contributed by atoms with Crippen LogP contribution in [0.15, 0.2) is 36.5 Å². The average molecular weight is 360 g/mol. The average Bonchev–Trinajstić information content (AvgIpc) is 2.57. The summed E-state index contributed by atoms with van der Waals surface area (Å²) in [6.45, 7) is 3.29. The number of nitrogens with one attached hydrogen (secondary N) is 1. The highest BCUT2D eigenvalue weighted by atomic mass is 19.1. The van der Waals surface area contributed by atoms with Crippen molar-refractivity contribution in [2.24, 2.45) is 5.73 Å². The number of nitrogens with zero attached hydrogens (tertiary/aromatic N) is 2. The Balaban J connectivity index is 2.02. The monoisotopic (exact) mass is 360 g/mol. The van der Waals surface area contributed by atoms with Gasteiger partial charge < -0.3 is 16.0 Å². The third-order valence-electron chi connectivity index (χ3n) is 4.65. The summed E-state index contributed by atoms with van der Waals surface area (Å²) in [4.78, 5) is 30.3. The number of nitrogens with two attached hydrogens (primary N) is 1. The van der Waals surface area contributed by atoms with E-state index in [1.807, 2.05) is 0 Å². The van der Waals surface area contributed by atoms with E-state index in [-0.39, 0.29) is 5.56 Å². The number of halogens is 2. The molecule has 3 amide bonds. The highest BCUT2D eigenvalue weighted by molar-refractivity contribution is 5.96. The molecule has 0 radical (unpaired) electrons. The Labute approximate surface area is 149 Å². The van der Waals surface area contributed by atoms with E-state index in [1.165, 1.54) is 11.0 Å². The van der Waals surface area contributed by atoms with Crippen LogP contribution in [-0.2, 0) is 4.79 Å². The summed E-state index contributed by atoms with van der Waals surface area (Å²) in [6, 6.07) is 4.26. The number of rotatable bonds is 4. The molecular weight excluding hydrogens is 342 g/mol. The number of pyridine rings is 1. The third-order valence-corrected chi connectivity index (χ3v) is 4.65. The lowest BCUT2D eigenvalue weighted by atomic mass is 9.89. The first kappa shape index (κ1) is 17.8. The molecule has 0 bridgehead atoms. The lowest BCUT2D eigenvalue weighted by molar-refractivity contribution is -0.123. The number of carbonyl (C=O) groups excluding carboxylic acids is 2. The molecule has 0 fully saturated rings. The summed E-state index contributed by atoms with van der Waals surface area (Å²) in [5, 5.41) is 2.67. The molecule has 1 aliphatic rings. The van der Waals surface area contributed by atoms with Gasteiger partial charge in [-0.25, -0.2) is 13.6 Å². The van der Waals surface area contributed by atoms with Crippen LogP contribution >= 0.6 is 0 Å². The molecule has 3 atom stereocenters. The van der Waals surface area contributed by atoms with Crippen molar-refractivity contribution in [3.05, 3.63) is 59.4 Å². The van der Waals surface area contributed by atoms with Crippen LogP contribution in [0, 0.1) is 11.6 Å². The van der Waals surface area contributed by atoms with Crippen LogP contribution in [0.3, 0.4) is 0 Å². The summed E-state index contributed by atoms with van der Waals surface area (Å²) in [6.07, 6.45) is 1.58. The number of primary amides is 1. The molecule has 6 nitrogen and oxygen atoms in total. The SMILES string of the molecule is CC1c2ncccc2NC(=O)N1C(C(N)=O)[C@@H](C)c1ccc(F)cc1F. The zero-order valence-corrected chi connectivity index (χ0v) is 14.2. The maximum absolute atomic E-state index is 14.2. The van der Waals surface area contributed by atoms with Gasteiger partial charge in [0.25, 0.3) is 0 Å². The first-order valence-corrected chi connectivity index (χ1v) is 8.09. The van der Waals surface area contributed by atoms with Crippen molar-refractivity contribution in [1.82, 2.24) is 9.88 Å². The van der Waals surface area contributed by atoms with E-state index in [1.54, 1.807) is 32.2 Å². The number of anilines is 1. The Morgan fingerprint density at radius 3 is 2.73 bits per heavy atom. The van der Waals surface area contributed by atoms with Gasteiger partial charge in [0.1, 0.15) is 17.7 Å². The Hall–Kier alpha value is -3.03. The molecule has 0 saturated heterocycles. The Bertz CT molecular complexity index is 874. The van der Waals surface area contributed by atoms with Crippen molar-refractivity contribution in [3.8, 4) is 0 Å². The van der Waals surface area contributed by atoms with Gasteiger partial charge in [-0.15, -0.1) is 0 Å². The standard InChI is InChI=1S/C18H18F2N4O2/c1-9(12-6-5-11(19)8-13(12)20)16(17(21)25)24-10(2)15-14(23-18(24)26)4-3-7-22-15/h3-10,16H,1-2H3,(H2,21,25)(H,23,26)/t9-,10?,16?/m0/s1.